The van der Waals surface area contributed by atoms with Crippen LogP contribution in [0.1, 0.15) is 12.8 Å². The average Bonchev–Trinajstić information content (AvgIpc) is 3.26. The molecule has 1 aliphatic rings. The maximum atomic E-state index is 12.4. The van der Waals surface area contributed by atoms with E-state index in [2.05, 4.69) is 45.3 Å². The summed E-state index contributed by atoms with van der Waals surface area (Å²) < 4.78 is 7.26. The van der Waals surface area contributed by atoms with E-state index in [4.69, 9.17) is 4.74 Å². The maximum Gasteiger partial charge on any atom is 0.327 e. The molecule has 1 saturated heterocycles. The lowest BCUT2D eigenvalue weighted by Crippen LogP contribution is -2.25. The summed E-state index contributed by atoms with van der Waals surface area (Å²) in [6.07, 6.45) is 5.76. The Hall–Kier alpha value is -2.86. The molecule has 0 unspecified atom stereocenters. The molecule has 0 aliphatic carbocycles. The van der Waals surface area contributed by atoms with Gasteiger partial charge in [0.25, 0.3) is 0 Å². The zero-order valence-corrected chi connectivity index (χ0v) is 14.4. The molecule has 1 aliphatic heterocycles. The quantitative estimate of drug-likeness (QED) is 0.596. The summed E-state index contributed by atoms with van der Waals surface area (Å²) in [6, 6.07) is 10.4. The van der Waals surface area contributed by atoms with E-state index in [0.717, 1.165) is 53.6 Å². The van der Waals surface area contributed by atoms with Gasteiger partial charge in [0.05, 0.1) is 5.52 Å². The van der Waals surface area contributed by atoms with E-state index in [0.29, 0.717) is 18.1 Å². The highest BCUT2D eigenvalue weighted by molar-refractivity contribution is 5.86. The van der Waals surface area contributed by atoms with Crippen LogP contribution >= 0.6 is 0 Å². The van der Waals surface area contributed by atoms with E-state index in [1.54, 1.807) is 0 Å². The summed E-state index contributed by atoms with van der Waals surface area (Å²) in [5.41, 5.74) is 4.65. The third kappa shape index (κ3) is 2.63. The number of H-pyrrole nitrogens is 2. The average molecular weight is 348 g/mol. The number of ether oxygens (including phenoxy) is 1. The number of rotatable bonds is 3. The number of nitrogens with one attached hydrogen (secondary N) is 2. The summed E-state index contributed by atoms with van der Waals surface area (Å²) in [4.78, 5) is 23.0. The van der Waals surface area contributed by atoms with E-state index >= 15 is 0 Å². The van der Waals surface area contributed by atoms with Crippen LogP contribution in [0.3, 0.4) is 0 Å². The van der Waals surface area contributed by atoms with Crippen LogP contribution in [0.2, 0.25) is 0 Å². The Morgan fingerprint density at radius 1 is 1.15 bits per heavy atom. The summed E-state index contributed by atoms with van der Waals surface area (Å²) in [5, 5.41) is 1.16. The predicted molar refractivity (Wildman–Crippen MR) is 101 cm³/mol. The van der Waals surface area contributed by atoms with E-state index in [-0.39, 0.29) is 5.69 Å². The Labute approximate surface area is 149 Å². The van der Waals surface area contributed by atoms with Gasteiger partial charge >= 0.3 is 5.69 Å². The van der Waals surface area contributed by atoms with E-state index in [9.17, 15) is 4.79 Å². The van der Waals surface area contributed by atoms with Crippen molar-refractivity contribution in [1.29, 1.82) is 0 Å². The minimum Gasteiger partial charge on any atom is -0.381 e. The van der Waals surface area contributed by atoms with Gasteiger partial charge in [0.15, 0.2) is 5.65 Å². The number of hydrogen-bond acceptors (Lipinski definition) is 3. The molecule has 4 aromatic rings. The predicted octanol–water partition coefficient (Wildman–Crippen LogP) is 3.30. The van der Waals surface area contributed by atoms with Gasteiger partial charge in [0.1, 0.15) is 0 Å². The Morgan fingerprint density at radius 2 is 2.04 bits per heavy atom. The lowest BCUT2D eigenvalue weighted by atomic mass is 10.0. The van der Waals surface area contributed by atoms with Gasteiger partial charge in [0.2, 0.25) is 0 Å². The SMILES string of the molecule is O=c1[nH]c2ncc(-c3ccc4[nH]ccc4c3)cc2n1CC1CCOCC1. The van der Waals surface area contributed by atoms with Crippen molar-refractivity contribution in [3.8, 4) is 11.1 Å². The van der Waals surface area contributed by atoms with Crippen LogP contribution in [0.4, 0.5) is 0 Å². The molecule has 4 heterocycles. The second-order valence-electron chi connectivity index (χ2n) is 6.97. The van der Waals surface area contributed by atoms with Crippen LogP contribution in [0, 0.1) is 5.92 Å². The Morgan fingerprint density at radius 3 is 2.92 bits per heavy atom. The van der Waals surface area contributed by atoms with E-state index in [1.165, 1.54) is 0 Å². The number of aromatic amines is 2. The molecule has 0 amide bonds. The molecule has 2 N–H and O–H groups in total. The van der Waals surface area contributed by atoms with Crippen LogP contribution in [0.15, 0.2) is 47.5 Å². The van der Waals surface area contributed by atoms with Gasteiger partial charge in [-0.05, 0) is 54.0 Å². The van der Waals surface area contributed by atoms with Gasteiger partial charge in [-0.2, -0.15) is 0 Å². The van der Waals surface area contributed by atoms with Crippen LogP contribution in [-0.4, -0.2) is 32.7 Å². The second-order valence-corrected chi connectivity index (χ2v) is 6.97. The van der Waals surface area contributed by atoms with Crippen molar-refractivity contribution >= 4 is 22.1 Å². The first-order valence-electron chi connectivity index (χ1n) is 9.02. The first-order chi connectivity index (χ1) is 12.8. The van der Waals surface area contributed by atoms with E-state index in [1.807, 2.05) is 17.0 Å². The normalized spacial score (nSPS) is 15.8. The van der Waals surface area contributed by atoms with Crippen molar-refractivity contribution in [2.75, 3.05) is 13.2 Å². The van der Waals surface area contributed by atoms with Gasteiger partial charge in [-0.25, -0.2) is 9.78 Å². The Balaban J connectivity index is 1.57. The second kappa shape index (κ2) is 6.14. The number of aromatic nitrogens is 4. The standard InChI is InChI=1S/C20H20N4O2/c25-20-23-19-18(24(20)12-13-4-7-26-8-5-13)10-16(11-22-19)14-1-2-17-15(9-14)3-6-21-17/h1-3,6,9-11,13,21H,4-5,7-8,12H2,(H,22,23,25). The molecule has 6 nitrogen and oxygen atoms in total. The Bertz CT molecular complexity index is 1130. The molecule has 1 fully saturated rings. The lowest BCUT2D eigenvalue weighted by molar-refractivity contribution is 0.0613. The molecule has 5 rings (SSSR count). The van der Waals surface area contributed by atoms with Crippen LogP contribution in [-0.2, 0) is 11.3 Å². The first kappa shape index (κ1) is 15.4. The van der Waals surface area contributed by atoms with Gasteiger partial charge in [-0.1, -0.05) is 6.07 Å². The summed E-state index contributed by atoms with van der Waals surface area (Å²) in [7, 11) is 0. The molecule has 26 heavy (non-hydrogen) atoms. The number of pyridine rings is 1. The molecule has 0 bridgehead atoms. The molecule has 0 saturated carbocycles. The summed E-state index contributed by atoms with van der Waals surface area (Å²) in [5.74, 6) is 0.473. The van der Waals surface area contributed by atoms with Gasteiger partial charge < -0.3 is 9.72 Å². The van der Waals surface area contributed by atoms with E-state index < -0.39 is 0 Å². The van der Waals surface area contributed by atoms with Crippen molar-refractivity contribution in [3.05, 3.63) is 53.2 Å². The topological polar surface area (TPSA) is 75.7 Å². The highest BCUT2D eigenvalue weighted by atomic mass is 16.5. The van der Waals surface area contributed by atoms with Crippen molar-refractivity contribution < 1.29 is 4.74 Å². The van der Waals surface area contributed by atoms with Gasteiger partial charge in [-0.3, -0.25) is 9.55 Å². The number of nitrogens with zero attached hydrogens (tertiary/aromatic N) is 2. The third-order valence-corrected chi connectivity index (χ3v) is 5.30. The zero-order chi connectivity index (χ0) is 17.5. The molecule has 0 atom stereocenters. The highest BCUT2D eigenvalue weighted by Gasteiger charge is 2.18. The Kier molecular flexibility index (Phi) is 3.64. The smallest absolute Gasteiger partial charge is 0.327 e. The minimum atomic E-state index is -0.0859. The number of benzene rings is 1. The van der Waals surface area contributed by atoms with Crippen LogP contribution < -0.4 is 5.69 Å². The van der Waals surface area contributed by atoms with Crippen LogP contribution in [0.5, 0.6) is 0 Å². The number of imidazole rings is 1. The molecule has 132 valence electrons. The molecular weight excluding hydrogens is 328 g/mol. The highest BCUT2D eigenvalue weighted by Crippen LogP contribution is 2.26. The first-order valence-corrected chi connectivity index (χ1v) is 9.02. The fraction of sp³-hybridized carbons (Fsp3) is 0.300. The molecule has 3 aromatic heterocycles. The summed E-state index contributed by atoms with van der Waals surface area (Å²) >= 11 is 0. The van der Waals surface area contributed by atoms with Gasteiger partial charge in [-0.15, -0.1) is 0 Å². The molecule has 0 spiro atoms. The fourth-order valence-corrected chi connectivity index (χ4v) is 3.79. The van der Waals surface area contributed by atoms with Crippen molar-refractivity contribution in [2.45, 2.75) is 19.4 Å². The monoisotopic (exact) mass is 348 g/mol. The zero-order valence-electron chi connectivity index (χ0n) is 14.4. The minimum absolute atomic E-state index is 0.0859. The number of hydrogen-bond donors (Lipinski definition) is 2. The summed E-state index contributed by atoms with van der Waals surface area (Å²) in [6.45, 7) is 2.27. The molecule has 6 heteroatoms. The van der Waals surface area contributed by atoms with Crippen molar-refractivity contribution in [1.82, 2.24) is 19.5 Å². The van der Waals surface area contributed by atoms with Crippen LogP contribution in [0.25, 0.3) is 33.2 Å². The number of fused-ring (bicyclic) bond motifs is 2. The maximum absolute atomic E-state index is 12.4. The molecule has 1 aromatic carbocycles. The lowest BCUT2D eigenvalue weighted by Gasteiger charge is -2.22. The largest absolute Gasteiger partial charge is 0.381 e. The van der Waals surface area contributed by atoms with Gasteiger partial charge in [0, 0.05) is 43.2 Å². The fourth-order valence-electron chi connectivity index (χ4n) is 3.79. The molecular formula is C20H20N4O2. The van der Waals surface area contributed by atoms with Crippen molar-refractivity contribution in [3.63, 3.8) is 0 Å². The molecule has 0 radical (unpaired) electrons. The third-order valence-electron chi connectivity index (χ3n) is 5.30. The van der Waals surface area contributed by atoms with Crippen molar-refractivity contribution in [2.24, 2.45) is 5.92 Å².